The highest BCUT2D eigenvalue weighted by Crippen LogP contribution is 2.47. The predicted octanol–water partition coefficient (Wildman–Crippen LogP) is 0.675. The highest BCUT2D eigenvalue weighted by atomic mass is 16.5. The van der Waals surface area contributed by atoms with Crippen LogP contribution in [-0.4, -0.2) is 48.9 Å². The summed E-state index contributed by atoms with van der Waals surface area (Å²) in [6.07, 6.45) is 5.59. The molecule has 1 aliphatic heterocycles. The number of hydrogen-bond donors (Lipinski definition) is 2. The van der Waals surface area contributed by atoms with Crippen LogP contribution in [-0.2, 0) is 5.41 Å². The normalized spacial score (nSPS) is 30.2. The van der Waals surface area contributed by atoms with E-state index in [1.54, 1.807) is 0 Å². The molecule has 0 radical (unpaired) electrons. The molecule has 4 rings (SSSR count). The molecule has 3 aliphatic rings. The fourth-order valence-corrected chi connectivity index (χ4v) is 3.08. The number of nitrogens with zero attached hydrogens (tertiary/aromatic N) is 3. The minimum absolute atomic E-state index is 0.115. The molecule has 2 N–H and O–H groups in total. The molecule has 2 aliphatic carbocycles. The van der Waals surface area contributed by atoms with Gasteiger partial charge >= 0.3 is 6.01 Å². The van der Waals surface area contributed by atoms with Gasteiger partial charge in [-0.15, -0.1) is 6.58 Å². The molecule has 1 saturated heterocycles. The highest BCUT2D eigenvalue weighted by Gasteiger charge is 2.50. The van der Waals surface area contributed by atoms with Crippen LogP contribution >= 0.6 is 0 Å². The lowest BCUT2D eigenvalue weighted by molar-refractivity contribution is 0.390. The monoisotopic (exact) mass is 289 g/mol. The maximum atomic E-state index is 5.49. The number of anilines is 1. The lowest BCUT2D eigenvalue weighted by atomic mass is 10.1. The summed E-state index contributed by atoms with van der Waals surface area (Å²) in [5.74, 6) is 1.54. The quantitative estimate of drug-likeness (QED) is 0.751. The Morgan fingerprint density at radius 2 is 2.24 bits per heavy atom. The molecule has 0 bridgehead atoms. The zero-order chi connectivity index (χ0) is 14.3. The molecule has 2 heterocycles. The van der Waals surface area contributed by atoms with Crippen LogP contribution < -0.4 is 15.5 Å². The molecule has 0 unspecified atom stereocenters. The zero-order valence-corrected chi connectivity index (χ0v) is 12.3. The fraction of sp³-hybridized carbons (Fsp3) is 0.733. The molecular formula is C15H23N5O. The summed E-state index contributed by atoms with van der Waals surface area (Å²) < 4.78 is 5.49. The summed E-state index contributed by atoms with van der Waals surface area (Å²) in [7, 11) is 0. The standard InChI is InChI=1S/C15H23N5O/c1-2-11-9-12(11)17-10-15(3-4-15)13-18-14(21-19-13)20-7-5-16-6-8-20/h2,11-12,16-17H,1,3-10H2/t11-,12-/m1/s1. The minimum Gasteiger partial charge on any atom is -0.322 e. The van der Waals surface area contributed by atoms with Crippen molar-refractivity contribution >= 4 is 6.01 Å². The summed E-state index contributed by atoms with van der Waals surface area (Å²) >= 11 is 0. The summed E-state index contributed by atoms with van der Waals surface area (Å²) in [6, 6.07) is 1.30. The zero-order valence-electron chi connectivity index (χ0n) is 12.3. The molecule has 1 aromatic rings. The van der Waals surface area contributed by atoms with Crippen LogP contribution in [0.15, 0.2) is 17.2 Å². The van der Waals surface area contributed by atoms with Crippen molar-refractivity contribution in [2.45, 2.75) is 30.7 Å². The van der Waals surface area contributed by atoms with E-state index >= 15 is 0 Å². The molecule has 3 fully saturated rings. The summed E-state index contributed by atoms with van der Waals surface area (Å²) in [5.41, 5.74) is 0.115. The van der Waals surface area contributed by atoms with Gasteiger partial charge in [0, 0.05) is 44.2 Å². The van der Waals surface area contributed by atoms with E-state index < -0.39 is 0 Å². The number of aromatic nitrogens is 2. The van der Waals surface area contributed by atoms with E-state index in [2.05, 4.69) is 32.3 Å². The Morgan fingerprint density at radius 1 is 1.43 bits per heavy atom. The maximum absolute atomic E-state index is 5.49. The number of nitrogens with one attached hydrogen (secondary N) is 2. The van der Waals surface area contributed by atoms with Crippen LogP contribution in [0.3, 0.4) is 0 Å². The van der Waals surface area contributed by atoms with E-state index in [-0.39, 0.29) is 5.41 Å². The van der Waals surface area contributed by atoms with Gasteiger partial charge in [0.05, 0.1) is 0 Å². The van der Waals surface area contributed by atoms with E-state index in [1.807, 2.05) is 6.08 Å². The van der Waals surface area contributed by atoms with Gasteiger partial charge in [-0.25, -0.2) is 0 Å². The second-order valence-corrected chi connectivity index (χ2v) is 6.54. The molecule has 114 valence electrons. The molecule has 2 atom stereocenters. The third-order valence-electron chi connectivity index (χ3n) is 4.98. The van der Waals surface area contributed by atoms with Gasteiger partial charge in [0.15, 0.2) is 5.82 Å². The Balaban J connectivity index is 1.39. The third kappa shape index (κ3) is 2.58. The molecule has 0 spiro atoms. The van der Waals surface area contributed by atoms with E-state index in [0.717, 1.165) is 51.4 Å². The second kappa shape index (κ2) is 5.10. The first-order valence-corrected chi connectivity index (χ1v) is 7.96. The Labute approximate surface area is 125 Å². The summed E-state index contributed by atoms with van der Waals surface area (Å²) in [6.45, 7) is 8.66. The van der Waals surface area contributed by atoms with E-state index in [4.69, 9.17) is 4.52 Å². The molecule has 2 saturated carbocycles. The average molecular weight is 289 g/mol. The van der Waals surface area contributed by atoms with Crippen molar-refractivity contribution in [3.05, 3.63) is 18.5 Å². The van der Waals surface area contributed by atoms with Gasteiger partial charge < -0.3 is 20.1 Å². The molecule has 0 aromatic carbocycles. The van der Waals surface area contributed by atoms with E-state index in [1.165, 1.54) is 6.42 Å². The van der Waals surface area contributed by atoms with Gasteiger partial charge in [-0.05, 0) is 25.2 Å². The first-order chi connectivity index (χ1) is 10.3. The molecule has 21 heavy (non-hydrogen) atoms. The summed E-state index contributed by atoms with van der Waals surface area (Å²) in [5, 5.41) is 11.2. The van der Waals surface area contributed by atoms with Crippen LogP contribution in [0.25, 0.3) is 0 Å². The third-order valence-corrected chi connectivity index (χ3v) is 4.98. The van der Waals surface area contributed by atoms with Crippen molar-refractivity contribution in [2.75, 3.05) is 37.6 Å². The molecule has 6 heteroatoms. The van der Waals surface area contributed by atoms with Crippen LogP contribution in [0.2, 0.25) is 0 Å². The molecule has 1 aromatic heterocycles. The van der Waals surface area contributed by atoms with Gasteiger partial charge in [-0.3, -0.25) is 0 Å². The molecular weight excluding hydrogens is 266 g/mol. The van der Waals surface area contributed by atoms with Crippen molar-refractivity contribution in [2.24, 2.45) is 5.92 Å². The van der Waals surface area contributed by atoms with Gasteiger partial charge in [0.1, 0.15) is 0 Å². The Morgan fingerprint density at radius 3 is 2.90 bits per heavy atom. The SMILES string of the molecule is C=C[C@@H]1C[C@H]1NCC1(c2noc(N3CCNCC3)n2)CC1. The maximum Gasteiger partial charge on any atom is 0.324 e. The first kappa shape index (κ1) is 13.3. The Hall–Kier alpha value is -1.40. The van der Waals surface area contributed by atoms with Crippen LogP contribution in [0, 0.1) is 5.92 Å². The van der Waals surface area contributed by atoms with Gasteiger partial charge in [-0.2, -0.15) is 4.98 Å². The van der Waals surface area contributed by atoms with Crippen molar-refractivity contribution < 1.29 is 4.52 Å². The Bertz CT molecular complexity index is 518. The van der Waals surface area contributed by atoms with Gasteiger partial charge in [0.25, 0.3) is 0 Å². The lowest BCUT2D eigenvalue weighted by Gasteiger charge is -2.24. The largest absolute Gasteiger partial charge is 0.324 e. The van der Waals surface area contributed by atoms with Crippen molar-refractivity contribution in [1.82, 2.24) is 20.8 Å². The summed E-state index contributed by atoms with van der Waals surface area (Å²) in [4.78, 5) is 6.84. The molecule has 6 nitrogen and oxygen atoms in total. The first-order valence-electron chi connectivity index (χ1n) is 7.96. The van der Waals surface area contributed by atoms with E-state index in [9.17, 15) is 0 Å². The average Bonchev–Trinajstić information content (AvgIpc) is 3.43. The fourth-order valence-electron chi connectivity index (χ4n) is 3.08. The van der Waals surface area contributed by atoms with Crippen molar-refractivity contribution in [3.63, 3.8) is 0 Å². The van der Waals surface area contributed by atoms with Crippen LogP contribution in [0.5, 0.6) is 0 Å². The smallest absolute Gasteiger partial charge is 0.322 e. The topological polar surface area (TPSA) is 66.2 Å². The predicted molar refractivity (Wildman–Crippen MR) is 80.4 cm³/mol. The van der Waals surface area contributed by atoms with Crippen molar-refractivity contribution in [3.8, 4) is 0 Å². The van der Waals surface area contributed by atoms with Crippen LogP contribution in [0.1, 0.15) is 25.1 Å². The van der Waals surface area contributed by atoms with E-state index in [0.29, 0.717) is 18.0 Å². The number of rotatable bonds is 6. The van der Waals surface area contributed by atoms with Gasteiger partial charge in [0.2, 0.25) is 0 Å². The highest BCUT2D eigenvalue weighted by molar-refractivity contribution is 5.30. The molecule has 0 amide bonds. The lowest BCUT2D eigenvalue weighted by Crippen LogP contribution is -2.43. The van der Waals surface area contributed by atoms with Crippen LogP contribution in [0.4, 0.5) is 6.01 Å². The van der Waals surface area contributed by atoms with Gasteiger partial charge in [-0.1, -0.05) is 11.2 Å². The number of hydrogen-bond acceptors (Lipinski definition) is 6. The van der Waals surface area contributed by atoms with Crippen molar-refractivity contribution in [1.29, 1.82) is 0 Å². The Kier molecular flexibility index (Phi) is 3.23. The minimum atomic E-state index is 0.115. The second-order valence-electron chi connectivity index (χ2n) is 6.54. The number of piperazine rings is 1.